The molecule has 7 nitrogen and oxygen atoms in total. The standard InChI is InChI=1S/C26H32FN5O2/c1-2-24-30-31-25(34-24)21-7-3-8-23(17-21)29-26(33)28-13-5-15-32-14-4-6-20(18-32)16-19-9-11-22(27)12-10-19/h3,7-12,17,20H,2,4-6,13-16,18H2,1H3,(H2,28,29,33)/t20-/m0/s1. The van der Waals surface area contributed by atoms with E-state index in [1.165, 1.54) is 30.5 Å². The van der Waals surface area contributed by atoms with Crippen LogP contribution in [-0.2, 0) is 12.8 Å². The van der Waals surface area contributed by atoms with Crippen molar-refractivity contribution in [3.8, 4) is 11.5 Å². The maximum atomic E-state index is 13.1. The van der Waals surface area contributed by atoms with E-state index in [0.717, 1.165) is 38.0 Å². The molecule has 0 unspecified atom stereocenters. The van der Waals surface area contributed by atoms with E-state index in [4.69, 9.17) is 4.42 Å². The largest absolute Gasteiger partial charge is 0.421 e. The molecule has 2 aromatic carbocycles. The van der Waals surface area contributed by atoms with Gasteiger partial charge < -0.3 is 20.0 Å². The van der Waals surface area contributed by atoms with Crippen LogP contribution in [0.1, 0.15) is 37.6 Å². The van der Waals surface area contributed by atoms with E-state index >= 15 is 0 Å². The van der Waals surface area contributed by atoms with Crippen LogP contribution in [0.25, 0.3) is 11.5 Å². The number of rotatable bonds is 9. The predicted molar refractivity (Wildman–Crippen MR) is 130 cm³/mol. The van der Waals surface area contributed by atoms with Crippen LogP contribution in [0.2, 0.25) is 0 Å². The average molecular weight is 466 g/mol. The van der Waals surface area contributed by atoms with Crippen LogP contribution in [0.5, 0.6) is 0 Å². The van der Waals surface area contributed by atoms with Crippen molar-refractivity contribution in [2.75, 3.05) is 31.5 Å². The number of aryl methyl sites for hydroxylation is 1. The monoisotopic (exact) mass is 465 g/mol. The van der Waals surface area contributed by atoms with Crippen molar-refractivity contribution in [2.24, 2.45) is 5.92 Å². The Hall–Kier alpha value is -3.26. The first-order valence-electron chi connectivity index (χ1n) is 12.0. The summed E-state index contributed by atoms with van der Waals surface area (Å²) in [6, 6.07) is 14.0. The zero-order valence-electron chi connectivity index (χ0n) is 19.6. The maximum Gasteiger partial charge on any atom is 0.319 e. The molecule has 34 heavy (non-hydrogen) atoms. The van der Waals surface area contributed by atoms with Crippen LogP contribution in [0, 0.1) is 11.7 Å². The third kappa shape index (κ3) is 6.87. The molecule has 1 fully saturated rings. The number of anilines is 1. The summed E-state index contributed by atoms with van der Waals surface area (Å²) in [6.45, 7) is 5.65. The van der Waals surface area contributed by atoms with Gasteiger partial charge in [0.1, 0.15) is 5.82 Å². The summed E-state index contributed by atoms with van der Waals surface area (Å²) in [5, 5.41) is 13.8. The van der Waals surface area contributed by atoms with Crippen LogP contribution in [0.15, 0.2) is 52.9 Å². The molecule has 1 aliphatic heterocycles. The summed E-state index contributed by atoms with van der Waals surface area (Å²) >= 11 is 0. The minimum Gasteiger partial charge on any atom is -0.421 e. The molecule has 0 spiro atoms. The maximum absolute atomic E-state index is 13.1. The van der Waals surface area contributed by atoms with Gasteiger partial charge in [0.15, 0.2) is 0 Å². The number of urea groups is 1. The summed E-state index contributed by atoms with van der Waals surface area (Å²) in [5.41, 5.74) is 2.64. The van der Waals surface area contributed by atoms with Crippen molar-refractivity contribution in [3.63, 3.8) is 0 Å². The van der Waals surface area contributed by atoms with E-state index in [0.29, 0.717) is 36.4 Å². The fourth-order valence-electron chi connectivity index (χ4n) is 4.40. The highest BCUT2D eigenvalue weighted by molar-refractivity contribution is 5.89. The van der Waals surface area contributed by atoms with E-state index in [9.17, 15) is 9.18 Å². The molecule has 0 saturated carbocycles. The van der Waals surface area contributed by atoms with E-state index in [1.54, 1.807) is 0 Å². The number of benzene rings is 2. The highest BCUT2D eigenvalue weighted by Crippen LogP contribution is 2.22. The lowest BCUT2D eigenvalue weighted by Gasteiger charge is -2.32. The van der Waals surface area contributed by atoms with Gasteiger partial charge in [-0.2, -0.15) is 0 Å². The highest BCUT2D eigenvalue weighted by atomic mass is 19.1. The number of hydrogen-bond acceptors (Lipinski definition) is 5. The Morgan fingerprint density at radius 1 is 1.21 bits per heavy atom. The number of aromatic nitrogens is 2. The number of nitrogens with zero attached hydrogens (tertiary/aromatic N) is 3. The van der Waals surface area contributed by atoms with E-state index in [2.05, 4.69) is 25.7 Å². The Balaban J connectivity index is 1.17. The van der Waals surface area contributed by atoms with Crippen molar-refractivity contribution in [1.29, 1.82) is 0 Å². The molecule has 2 heterocycles. The topological polar surface area (TPSA) is 83.3 Å². The summed E-state index contributed by atoms with van der Waals surface area (Å²) in [6.07, 6.45) is 4.94. The molecule has 1 aromatic heterocycles. The van der Waals surface area contributed by atoms with Crippen LogP contribution in [-0.4, -0.2) is 47.3 Å². The zero-order valence-corrected chi connectivity index (χ0v) is 19.6. The lowest BCUT2D eigenvalue weighted by atomic mass is 9.91. The van der Waals surface area contributed by atoms with Gasteiger partial charge in [0.25, 0.3) is 0 Å². The number of piperidine rings is 1. The number of hydrogen-bond donors (Lipinski definition) is 2. The molecule has 0 bridgehead atoms. The molecule has 1 aliphatic rings. The minimum atomic E-state index is -0.232. The lowest BCUT2D eigenvalue weighted by Crippen LogP contribution is -2.38. The minimum absolute atomic E-state index is 0.185. The van der Waals surface area contributed by atoms with Crippen LogP contribution >= 0.6 is 0 Å². The van der Waals surface area contributed by atoms with E-state index in [-0.39, 0.29) is 11.8 Å². The van der Waals surface area contributed by atoms with Crippen LogP contribution in [0.4, 0.5) is 14.9 Å². The first-order valence-corrected chi connectivity index (χ1v) is 12.0. The quantitative estimate of drug-likeness (QED) is 0.439. The van der Waals surface area contributed by atoms with Crippen molar-refractivity contribution in [1.82, 2.24) is 20.4 Å². The third-order valence-corrected chi connectivity index (χ3v) is 6.11. The molecule has 3 aromatic rings. The normalized spacial score (nSPS) is 16.4. The van der Waals surface area contributed by atoms with Crippen LogP contribution in [0.3, 0.4) is 0 Å². The van der Waals surface area contributed by atoms with Crippen LogP contribution < -0.4 is 10.6 Å². The number of carbonyl (C=O) groups excluding carboxylic acids is 1. The fourth-order valence-corrected chi connectivity index (χ4v) is 4.40. The second-order valence-corrected chi connectivity index (χ2v) is 8.81. The Morgan fingerprint density at radius 3 is 2.85 bits per heavy atom. The fraction of sp³-hybridized carbons (Fsp3) is 0.423. The first kappa shape index (κ1) is 23.9. The van der Waals surface area contributed by atoms with Gasteiger partial charge in [0, 0.05) is 30.8 Å². The van der Waals surface area contributed by atoms with Crippen molar-refractivity contribution in [3.05, 3.63) is 65.8 Å². The molecular formula is C26H32FN5O2. The van der Waals surface area contributed by atoms with E-state index < -0.39 is 0 Å². The number of likely N-dealkylation sites (tertiary alicyclic amines) is 1. The van der Waals surface area contributed by atoms with Gasteiger partial charge in [0.2, 0.25) is 11.8 Å². The summed E-state index contributed by atoms with van der Waals surface area (Å²) in [4.78, 5) is 14.8. The lowest BCUT2D eigenvalue weighted by molar-refractivity contribution is 0.172. The zero-order chi connectivity index (χ0) is 23.8. The number of nitrogens with one attached hydrogen (secondary N) is 2. The van der Waals surface area contributed by atoms with Gasteiger partial charge in [-0.3, -0.25) is 0 Å². The Labute approximate surface area is 199 Å². The second kappa shape index (κ2) is 11.7. The SMILES string of the molecule is CCc1nnc(-c2cccc(NC(=O)NCCCN3CCC[C@@H](Cc4ccc(F)cc4)C3)c2)o1. The number of halogens is 1. The number of carbonyl (C=O) groups is 1. The predicted octanol–water partition coefficient (Wildman–Crippen LogP) is 4.90. The molecule has 8 heteroatoms. The van der Waals surface area contributed by atoms with Gasteiger partial charge in [-0.25, -0.2) is 9.18 Å². The Kier molecular flexibility index (Phi) is 8.25. The molecule has 0 radical (unpaired) electrons. The molecular weight excluding hydrogens is 433 g/mol. The Morgan fingerprint density at radius 2 is 2.06 bits per heavy atom. The van der Waals surface area contributed by atoms with Gasteiger partial charge in [-0.05, 0) is 80.6 Å². The van der Waals surface area contributed by atoms with Crippen molar-refractivity contribution in [2.45, 2.75) is 39.0 Å². The molecule has 2 N–H and O–H groups in total. The summed E-state index contributed by atoms with van der Waals surface area (Å²) < 4.78 is 18.7. The molecule has 2 amide bonds. The van der Waals surface area contributed by atoms with Gasteiger partial charge in [0.05, 0.1) is 0 Å². The van der Waals surface area contributed by atoms with Gasteiger partial charge in [-0.1, -0.05) is 25.1 Å². The highest BCUT2D eigenvalue weighted by Gasteiger charge is 2.20. The van der Waals surface area contributed by atoms with Crippen molar-refractivity contribution >= 4 is 11.7 Å². The third-order valence-electron chi connectivity index (χ3n) is 6.11. The second-order valence-electron chi connectivity index (χ2n) is 8.81. The van der Waals surface area contributed by atoms with Crippen molar-refractivity contribution < 1.29 is 13.6 Å². The van der Waals surface area contributed by atoms with E-state index in [1.807, 2.05) is 43.3 Å². The smallest absolute Gasteiger partial charge is 0.319 e. The Bertz CT molecular complexity index is 1070. The molecule has 180 valence electrons. The molecule has 0 aliphatic carbocycles. The molecule has 4 rings (SSSR count). The summed E-state index contributed by atoms with van der Waals surface area (Å²) in [7, 11) is 0. The van der Waals surface area contributed by atoms with Gasteiger partial charge >= 0.3 is 6.03 Å². The van der Waals surface area contributed by atoms with Gasteiger partial charge in [-0.15, -0.1) is 10.2 Å². The first-order chi connectivity index (χ1) is 16.6. The molecule has 1 saturated heterocycles. The number of amides is 2. The summed E-state index contributed by atoms with van der Waals surface area (Å²) in [5.74, 6) is 1.44. The molecule has 1 atom stereocenters. The average Bonchev–Trinajstić information content (AvgIpc) is 3.33.